The highest BCUT2D eigenvalue weighted by molar-refractivity contribution is 5.76. The maximum atomic E-state index is 11.6. The Balaban J connectivity index is 2.05. The van der Waals surface area contributed by atoms with Crippen molar-refractivity contribution >= 4 is 12.4 Å². The molecule has 4 nitrogen and oxygen atoms in total. The monoisotopic (exact) mass is 254 g/mol. The summed E-state index contributed by atoms with van der Waals surface area (Å²) in [6, 6.07) is 18.3. The van der Waals surface area contributed by atoms with E-state index in [-0.39, 0.29) is 6.67 Å². The van der Waals surface area contributed by atoms with Gasteiger partial charge in [-0.15, -0.1) is 9.48 Å². The Labute approximate surface area is 111 Å². The minimum absolute atomic E-state index is 0.260. The summed E-state index contributed by atoms with van der Waals surface area (Å²) in [5, 5.41) is 23.2. The van der Waals surface area contributed by atoms with Crippen molar-refractivity contribution in [2.45, 2.75) is 0 Å². The maximum absolute atomic E-state index is 11.6. The first-order valence-corrected chi connectivity index (χ1v) is 5.91. The molecule has 2 aromatic carbocycles. The second kappa shape index (κ2) is 6.35. The molecule has 0 amide bonds. The van der Waals surface area contributed by atoms with Gasteiger partial charge in [-0.3, -0.25) is 0 Å². The van der Waals surface area contributed by atoms with Crippen molar-refractivity contribution in [3.63, 3.8) is 0 Å². The van der Waals surface area contributed by atoms with Gasteiger partial charge in [0.15, 0.2) is 12.4 Å². The minimum Gasteiger partial charge on any atom is -0.619 e. The molecule has 0 heterocycles. The molecule has 0 radical (unpaired) electrons. The quantitative estimate of drug-likeness (QED) is 0.276. The van der Waals surface area contributed by atoms with Gasteiger partial charge in [0.1, 0.15) is 0 Å². The van der Waals surface area contributed by atoms with Crippen LogP contribution in [0.15, 0.2) is 60.7 Å². The van der Waals surface area contributed by atoms with Crippen molar-refractivity contribution in [1.29, 1.82) is 0 Å². The number of hydrogen-bond acceptors (Lipinski definition) is 2. The van der Waals surface area contributed by atoms with Crippen LogP contribution in [0, 0.1) is 10.4 Å². The van der Waals surface area contributed by atoms with Gasteiger partial charge in [-0.2, -0.15) is 0 Å². The fourth-order valence-corrected chi connectivity index (χ4v) is 1.63. The zero-order valence-electron chi connectivity index (χ0n) is 10.3. The maximum Gasteiger partial charge on any atom is 0.353 e. The van der Waals surface area contributed by atoms with E-state index in [1.807, 2.05) is 36.4 Å². The third-order valence-electron chi connectivity index (χ3n) is 2.46. The lowest BCUT2D eigenvalue weighted by molar-refractivity contribution is -0.664. The molecular weight excluding hydrogens is 240 g/mol. The standard InChI is InChI=1S/C15H14N2O2/c18-16(11-14-7-3-1-4-8-14)13-17(19)12-15-9-5-2-6-10-15/h1-12H,13H2/b16-11-,17-12-. The number of hydrogen-bond donors (Lipinski definition) is 0. The van der Waals surface area contributed by atoms with Crippen LogP contribution in [0.25, 0.3) is 0 Å². The number of nitrogens with zero attached hydrogens (tertiary/aromatic N) is 2. The number of rotatable bonds is 4. The largest absolute Gasteiger partial charge is 0.619 e. The van der Waals surface area contributed by atoms with Crippen LogP contribution in [0.3, 0.4) is 0 Å². The highest BCUT2D eigenvalue weighted by atomic mass is 16.5. The lowest BCUT2D eigenvalue weighted by atomic mass is 10.2. The second-order valence-electron chi connectivity index (χ2n) is 4.06. The van der Waals surface area contributed by atoms with Crippen LogP contribution in [0.2, 0.25) is 0 Å². The minimum atomic E-state index is -0.260. The van der Waals surface area contributed by atoms with Gasteiger partial charge in [0, 0.05) is 11.1 Å². The molecule has 0 N–H and O–H groups in total. The van der Waals surface area contributed by atoms with Gasteiger partial charge in [-0.1, -0.05) is 36.4 Å². The predicted molar refractivity (Wildman–Crippen MR) is 75.3 cm³/mol. The Morgan fingerprint density at radius 1 is 0.684 bits per heavy atom. The van der Waals surface area contributed by atoms with E-state index in [0.29, 0.717) is 9.48 Å². The predicted octanol–water partition coefficient (Wildman–Crippen LogP) is 2.20. The Morgan fingerprint density at radius 2 is 1.05 bits per heavy atom. The Bertz CT molecular complexity index is 524. The van der Waals surface area contributed by atoms with Crippen molar-refractivity contribution in [3.05, 3.63) is 82.2 Å². The molecule has 96 valence electrons. The Hall–Kier alpha value is -2.62. The topological polar surface area (TPSA) is 52.1 Å². The van der Waals surface area contributed by atoms with E-state index in [2.05, 4.69) is 0 Å². The molecule has 19 heavy (non-hydrogen) atoms. The first-order valence-electron chi connectivity index (χ1n) is 5.91. The molecule has 0 aromatic heterocycles. The Kier molecular flexibility index (Phi) is 4.29. The fraction of sp³-hybridized carbons (Fsp3) is 0.0667. The number of hydroxylamine groups is 2. The molecule has 0 unspecified atom stereocenters. The molecule has 0 atom stereocenters. The van der Waals surface area contributed by atoms with Crippen LogP contribution in [0.5, 0.6) is 0 Å². The molecule has 0 bridgehead atoms. The van der Waals surface area contributed by atoms with Crippen molar-refractivity contribution < 1.29 is 9.48 Å². The van der Waals surface area contributed by atoms with E-state index >= 15 is 0 Å². The van der Waals surface area contributed by atoms with Crippen molar-refractivity contribution in [2.24, 2.45) is 0 Å². The molecule has 4 heteroatoms. The molecule has 0 fully saturated rings. The van der Waals surface area contributed by atoms with Gasteiger partial charge in [-0.25, -0.2) is 0 Å². The summed E-state index contributed by atoms with van der Waals surface area (Å²) in [6.07, 6.45) is 2.79. The first kappa shape index (κ1) is 12.8. The van der Waals surface area contributed by atoms with Gasteiger partial charge < -0.3 is 10.4 Å². The van der Waals surface area contributed by atoms with Crippen LogP contribution in [-0.4, -0.2) is 28.6 Å². The fourth-order valence-electron chi connectivity index (χ4n) is 1.63. The molecule has 0 spiro atoms. The molecule has 0 aliphatic rings. The average molecular weight is 254 g/mol. The van der Waals surface area contributed by atoms with E-state index in [0.717, 1.165) is 11.1 Å². The molecule has 0 aliphatic heterocycles. The molecule has 0 saturated carbocycles. The molecule has 0 saturated heterocycles. The summed E-state index contributed by atoms with van der Waals surface area (Å²) < 4.78 is 1.23. The third-order valence-corrected chi connectivity index (χ3v) is 2.46. The normalized spacial score (nSPS) is 12.4. The SMILES string of the molecule is [O-]/[N+](=C\c1ccccc1)C/[N+]([O-])=C/c1ccccc1. The number of benzene rings is 2. The van der Waals surface area contributed by atoms with E-state index in [1.54, 1.807) is 24.3 Å². The van der Waals surface area contributed by atoms with Crippen molar-refractivity contribution in [1.82, 2.24) is 0 Å². The summed E-state index contributed by atoms with van der Waals surface area (Å²) in [5.41, 5.74) is 1.54. The molecule has 0 aliphatic carbocycles. The average Bonchev–Trinajstić information content (AvgIpc) is 2.40. The summed E-state index contributed by atoms with van der Waals surface area (Å²) in [4.78, 5) is 0. The van der Waals surface area contributed by atoms with Crippen LogP contribution < -0.4 is 0 Å². The summed E-state index contributed by atoms with van der Waals surface area (Å²) in [7, 11) is 0. The summed E-state index contributed by atoms with van der Waals surface area (Å²) in [5.74, 6) is 0. The van der Waals surface area contributed by atoms with Crippen LogP contribution in [-0.2, 0) is 0 Å². The van der Waals surface area contributed by atoms with E-state index in [1.165, 1.54) is 12.4 Å². The van der Waals surface area contributed by atoms with Gasteiger partial charge in [-0.05, 0) is 24.3 Å². The molecule has 2 rings (SSSR count). The van der Waals surface area contributed by atoms with Crippen molar-refractivity contribution in [3.8, 4) is 0 Å². The highest BCUT2D eigenvalue weighted by Gasteiger charge is 2.01. The van der Waals surface area contributed by atoms with Crippen LogP contribution in [0.4, 0.5) is 0 Å². The van der Waals surface area contributed by atoms with E-state index < -0.39 is 0 Å². The lowest BCUT2D eigenvalue weighted by Crippen LogP contribution is -2.18. The molecular formula is C15H14N2O2. The zero-order valence-corrected chi connectivity index (χ0v) is 10.3. The molecule has 2 aromatic rings. The van der Waals surface area contributed by atoms with Gasteiger partial charge in [0.2, 0.25) is 0 Å². The van der Waals surface area contributed by atoms with E-state index in [4.69, 9.17) is 0 Å². The Morgan fingerprint density at radius 3 is 1.42 bits per heavy atom. The van der Waals surface area contributed by atoms with Crippen LogP contribution in [0.1, 0.15) is 11.1 Å². The summed E-state index contributed by atoms with van der Waals surface area (Å²) >= 11 is 0. The van der Waals surface area contributed by atoms with Gasteiger partial charge in [0.25, 0.3) is 0 Å². The zero-order chi connectivity index (χ0) is 13.5. The first-order chi connectivity index (χ1) is 9.24. The highest BCUT2D eigenvalue weighted by Crippen LogP contribution is 1.95. The second-order valence-corrected chi connectivity index (χ2v) is 4.06. The lowest BCUT2D eigenvalue weighted by Gasteiger charge is -2.04. The van der Waals surface area contributed by atoms with Gasteiger partial charge >= 0.3 is 6.67 Å². The van der Waals surface area contributed by atoms with Crippen LogP contribution >= 0.6 is 0 Å². The van der Waals surface area contributed by atoms with Crippen molar-refractivity contribution in [2.75, 3.05) is 6.67 Å². The third kappa shape index (κ3) is 4.27. The van der Waals surface area contributed by atoms with Gasteiger partial charge in [0.05, 0.1) is 0 Å². The smallest absolute Gasteiger partial charge is 0.353 e. The summed E-state index contributed by atoms with van der Waals surface area (Å²) in [6.45, 7) is -0.260. The van der Waals surface area contributed by atoms with E-state index in [9.17, 15) is 10.4 Å².